The van der Waals surface area contributed by atoms with E-state index < -0.39 is 6.29 Å². The molecule has 122 valence electrons. The minimum Gasteiger partial charge on any atom is -0.368 e. The standard InChI is InChI=1S/C18H32O3/c1-14(2)12-17-6-8-18(9-7-17,13-15(3)4)21-11-10-20-16(5)19/h6-8,14-16,19H,9-13H2,1-5H3. The molecule has 0 aromatic carbocycles. The third-order valence-corrected chi connectivity index (χ3v) is 3.54. The molecule has 0 bridgehead atoms. The number of ether oxygens (including phenoxy) is 2. The SMILES string of the molecule is CC(C)CC1=CCC(CC(C)C)(OCCOC(C)O)C=C1. The third kappa shape index (κ3) is 7.25. The third-order valence-electron chi connectivity index (χ3n) is 3.54. The predicted octanol–water partition coefficient (Wildman–Crippen LogP) is 4.08. The van der Waals surface area contributed by atoms with Gasteiger partial charge in [0.1, 0.15) is 0 Å². The first kappa shape index (κ1) is 18.4. The minimum absolute atomic E-state index is 0.212. The van der Waals surface area contributed by atoms with Crippen molar-refractivity contribution in [3.63, 3.8) is 0 Å². The molecule has 2 atom stereocenters. The summed E-state index contributed by atoms with van der Waals surface area (Å²) in [5, 5.41) is 9.12. The largest absolute Gasteiger partial charge is 0.368 e. The van der Waals surface area contributed by atoms with E-state index in [0.29, 0.717) is 25.0 Å². The lowest BCUT2D eigenvalue weighted by Gasteiger charge is -2.34. The van der Waals surface area contributed by atoms with Gasteiger partial charge in [0, 0.05) is 0 Å². The number of rotatable bonds is 9. The summed E-state index contributed by atoms with van der Waals surface area (Å²) < 4.78 is 11.3. The zero-order chi connectivity index (χ0) is 15.9. The van der Waals surface area contributed by atoms with Crippen LogP contribution in [0.25, 0.3) is 0 Å². The molecule has 0 amide bonds. The number of aliphatic hydroxyl groups is 1. The number of hydrogen-bond acceptors (Lipinski definition) is 3. The van der Waals surface area contributed by atoms with Gasteiger partial charge in [-0.2, -0.15) is 0 Å². The minimum atomic E-state index is -0.728. The Kier molecular flexibility index (Phi) is 7.64. The van der Waals surface area contributed by atoms with Crippen molar-refractivity contribution >= 4 is 0 Å². The van der Waals surface area contributed by atoms with Crippen LogP contribution in [0.2, 0.25) is 0 Å². The zero-order valence-electron chi connectivity index (χ0n) is 14.3. The smallest absolute Gasteiger partial charge is 0.151 e. The summed E-state index contributed by atoms with van der Waals surface area (Å²) in [6.45, 7) is 11.5. The summed E-state index contributed by atoms with van der Waals surface area (Å²) in [6, 6.07) is 0. The molecule has 1 aliphatic carbocycles. The highest BCUT2D eigenvalue weighted by Crippen LogP contribution is 2.33. The molecule has 2 unspecified atom stereocenters. The molecule has 3 heteroatoms. The second-order valence-electron chi connectivity index (χ2n) is 6.90. The molecule has 0 aliphatic heterocycles. The van der Waals surface area contributed by atoms with E-state index in [4.69, 9.17) is 14.6 Å². The van der Waals surface area contributed by atoms with Crippen LogP contribution in [0.5, 0.6) is 0 Å². The number of hydrogen-bond donors (Lipinski definition) is 1. The highest BCUT2D eigenvalue weighted by molar-refractivity contribution is 5.28. The van der Waals surface area contributed by atoms with E-state index in [-0.39, 0.29) is 5.60 Å². The van der Waals surface area contributed by atoms with E-state index in [1.165, 1.54) is 5.57 Å². The average Bonchev–Trinajstić information content (AvgIpc) is 2.36. The summed E-state index contributed by atoms with van der Waals surface area (Å²) in [6.07, 6.45) is 9.10. The van der Waals surface area contributed by atoms with Crippen molar-refractivity contribution in [1.82, 2.24) is 0 Å². The van der Waals surface area contributed by atoms with Gasteiger partial charge in [0.05, 0.1) is 18.8 Å². The van der Waals surface area contributed by atoms with Gasteiger partial charge in [0.2, 0.25) is 0 Å². The molecule has 0 spiro atoms. The van der Waals surface area contributed by atoms with Crippen molar-refractivity contribution < 1.29 is 14.6 Å². The number of allylic oxidation sites excluding steroid dienone is 2. The maximum Gasteiger partial charge on any atom is 0.151 e. The molecule has 0 radical (unpaired) electrons. The van der Waals surface area contributed by atoms with E-state index in [2.05, 4.69) is 45.9 Å². The Labute approximate surface area is 130 Å². The van der Waals surface area contributed by atoms with Crippen LogP contribution in [0.15, 0.2) is 23.8 Å². The molecule has 21 heavy (non-hydrogen) atoms. The number of aliphatic hydroxyl groups excluding tert-OH is 1. The Bertz CT molecular complexity index is 355. The quantitative estimate of drug-likeness (QED) is 0.515. The van der Waals surface area contributed by atoms with Crippen molar-refractivity contribution in [3.05, 3.63) is 23.8 Å². The molecule has 0 fully saturated rings. The molecule has 0 aromatic heterocycles. The van der Waals surface area contributed by atoms with Gasteiger partial charge < -0.3 is 14.6 Å². The van der Waals surface area contributed by atoms with Gasteiger partial charge in [-0.1, -0.05) is 51.5 Å². The van der Waals surface area contributed by atoms with E-state index in [1.54, 1.807) is 6.92 Å². The van der Waals surface area contributed by atoms with Crippen molar-refractivity contribution in [1.29, 1.82) is 0 Å². The molecule has 1 N–H and O–H groups in total. The fourth-order valence-electron chi connectivity index (χ4n) is 2.79. The maximum atomic E-state index is 9.12. The second kappa shape index (κ2) is 8.72. The van der Waals surface area contributed by atoms with Gasteiger partial charge in [-0.3, -0.25) is 0 Å². The first-order valence-corrected chi connectivity index (χ1v) is 8.15. The van der Waals surface area contributed by atoms with Crippen LogP contribution in [0, 0.1) is 11.8 Å². The molecule has 1 aliphatic rings. The average molecular weight is 296 g/mol. The molecule has 3 nitrogen and oxygen atoms in total. The van der Waals surface area contributed by atoms with Gasteiger partial charge >= 0.3 is 0 Å². The van der Waals surface area contributed by atoms with Crippen LogP contribution in [-0.4, -0.2) is 30.2 Å². The van der Waals surface area contributed by atoms with Crippen LogP contribution >= 0.6 is 0 Å². The fraction of sp³-hybridized carbons (Fsp3) is 0.778. The molecular formula is C18H32O3. The van der Waals surface area contributed by atoms with Crippen LogP contribution in [0.4, 0.5) is 0 Å². The Morgan fingerprint density at radius 1 is 1.14 bits per heavy atom. The van der Waals surface area contributed by atoms with Crippen LogP contribution in [0.1, 0.15) is 53.9 Å². The van der Waals surface area contributed by atoms with Crippen molar-refractivity contribution in [2.75, 3.05) is 13.2 Å². The van der Waals surface area contributed by atoms with E-state index >= 15 is 0 Å². The first-order chi connectivity index (χ1) is 9.83. The normalized spacial score (nSPS) is 23.7. The van der Waals surface area contributed by atoms with Gasteiger partial charge in [0.25, 0.3) is 0 Å². The molecule has 1 rings (SSSR count). The lowest BCUT2D eigenvalue weighted by Crippen LogP contribution is -2.34. The Morgan fingerprint density at radius 3 is 2.33 bits per heavy atom. The van der Waals surface area contributed by atoms with Crippen molar-refractivity contribution in [3.8, 4) is 0 Å². The highest BCUT2D eigenvalue weighted by atomic mass is 16.6. The van der Waals surface area contributed by atoms with Crippen molar-refractivity contribution in [2.24, 2.45) is 11.8 Å². The summed E-state index contributed by atoms with van der Waals surface area (Å²) in [5.41, 5.74) is 1.20. The fourth-order valence-corrected chi connectivity index (χ4v) is 2.79. The monoisotopic (exact) mass is 296 g/mol. The van der Waals surface area contributed by atoms with Crippen LogP contribution < -0.4 is 0 Å². The molecular weight excluding hydrogens is 264 g/mol. The summed E-state index contributed by atoms with van der Waals surface area (Å²) in [5.74, 6) is 1.26. The summed E-state index contributed by atoms with van der Waals surface area (Å²) in [4.78, 5) is 0. The molecule has 0 saturated heterocycles. The van der Waals surface area contributed by atoms with Gasteiger partial charge in [-0.15, -0.1) is 0 Å². The summed E-state index contributed by atoms with van der Waals surface area (Å²) >= 11 is 0. The van der Waals surface area contributed by atoms with E-state index in [9.17, 15) is 0 Å². The Balaban J connectivity index is 2.57. The first-order valence-electron chi connectivity index (χ1n) is 8.15. The van der Waals surface area contributed by atoms with Crippen molar-refractivity contribution in [2.45, 2.75) is 65.8 Å². The topological polar surface area (TPSA) is 38.7 Å². The summed E-state index contributed by atoms with van der Waals surface area (Å²) in [7, 11) is 0. The molecule has 0 heterocycles. The van der Waals surface area contributed by atoms with E-state index in [0.717, 1.165) is 19.3 Å². The Hall–Kier alpha value is -0.640. The van der Waals surface area contributed by atoms with Crippen LogP contribution in [-0.2, 0) is 9.47 Å². The van der Waals surface area contributed by atoms with Gasteiger partial charge in [-0.25, -0.2) is 0 Å². The second-order valence-corrected chi connectivity index (χ2v) is 6.90. The molecule has 0 saturated carbocycles. The lowest BCUT2D eigenvalue weighted by atomic mass is 9.83. The Morgan fingerprint density at radius 2 is 1.86 bits per heavy atom. The van der Waals surface area contributed by atoms with Gasteiger partial charge in [-0.05, 0) is 38.0 Å². The highest BCUT2D eigenvalue weighted by Gasteiger charge is 2.30. The maximum absolute atomic E-state index is 9.12. The van der Waals surface area contributed by atoms with Crippen LogP contribution in [0.3, 0.4) is 0 Å². The molecule has 0 aromatic rings. The van der Waals surface area contributed by atoms with E-state index in [1.807, 2.05) is 0 Å². The van der Waals surface area contributed by atoms with Gasteiger partial charge in [0.15, 0.2) is 6.29 Å². The lowest BCUT2D eigenvalue weighted by molar-refractivity contribution is -0.117. The zero-order valence-corrected chi connectivity index (χ0v) is 14.3. The predicted molar refractivity (Wildman–Crippen MR) is 87.1 cm³/mol.